The molecule has 0 unspecified atom stereocenters. The highest BCUT2D eigenvalue weighted by atomic mass is 16.6. The summed E-state index contributed by atoms with van der Waals surface area (Å²) in [5, 5.41) is 16.9. The summed E-state index contributed by atoms with van der Waals surface area (Å²) in [5.41, 5.74) is 0.0461. The molecule has 2 N–H and O–H groups in total. The molecule has 0 amide bonds. The molecule has 1 aliphatic rings. The van der Waals surface area contributed by atoms with Crippen molar-refractivity contribution in [1.29, 1.82) is 0 Å². The van der Waals surface area contributed by atoms with Crippen LogP contribution in [-0.2, 0) is 0 Å². The van der Waals surface area contributed by atoms with Crippen LogP contribution in [0.4, 0.5) is 17.3 Å². The minimum atomic E-state index is -0.404. The number of likely N-dealkylation sites (tertiary alicyclic amines) is 1. The first-order valence-corrected chi connectivity index (χ1v) is 6.99. The molecule has 1 aromatic rings. The van der Waals surface area contributed by atoms with Crippen LogP contribution in [0.25, 0.3) is 0 Å². The molecule has 2 heterocycles. The Hall–Kier alpha value is -1.89. The van der Waals surface area contributed by atoms with Gasteiger partial charge in [-0.05, 0) is 25.9 Å². The summed E-state index contributed by atoms with van der Waals surface area (Å²) >= 11 is 0. The molecule has 0 aliphatic carbocycles. The molecule has 0 spiro atoms. The first kappa shape index (κ1) is 14.5. The van der Waals surface area contributed by atoms with Crippen molar-refractivity contribution in [1.82, 2.24) is 9.88 Å². The minimum absolute atomic E-state index is 0.0461. The van der Waals surface area contributed by atoms with Gasteiger partial charge in [-0.25, -0.2) is 4.98 Å². The molecule has 1 aromatic heterocycles. The van der Waals surface area contributed by atoms with Crippen molar-refractivity contribution in [3.63, 3.8) is 0 Å². The Labute approximate surface area is 118 Å². The van der Waals surface area contributed by atoms with Gasteiger partial charge in [0.2, 0.25) is 0 Å². The predicted octanol–water partition coefficient (Wildman–Crippen LogP) is 1.93. The van der Waals surface area contributed by atoms with Gasteiger partial charge < -0.3 is 15.5 Å². The highest BCUT2D eigenvalue weighted by Gasteiger charge is 2.12. The predicted molar refractivity (Wildman–Crippen MR) is 79.2 cm³/mol. The Bertz CT molecular complexity index is 460. The third-order valence-corrected chi connectivity index (χ3v) is 3.46. The van der Waals surface area contributed by atoms with Gasteiger partial charge in [-0.3, -0.25) is 10.1 Å². The Morgan fingerprint density at radius 1 is 1.30 bits per heavy atom. The third kappa shape index (κ3) is 4.06. The fourth-order valence-corrected chi connectivity index (χ4v) is 2.37. The number of pyridine rings is 1. The Balaban J connectivity index is 1.91. The van der Waals surface area contributed by atoms with E-state index in [1.54, 1.807) is 7.05 Å². The quantitative estimate of drug-likeness (QED) is 0.611. The zero-order chi connectivity index (χ0) is 14.4. The van der Waals surface area contributed by atoms with Gasteiger partial charge in [0.05, 0.1) is 17.1 Å². The van der Waals surface area contributed by atoms with E-state index in [9.17, 15) is 10.1 Å². The van der Waals surface area contributed by atoms with Crippen LogP contribution in [-0.4, -0.2) is 48.0 Å². The van der Waals surface area contributed by atoms with Crippen molar-refractivity contribution in [2.75, 3.05) is 43.9 Å². The second-order valence-corrected chi connectivity index (χ2v) is 4.93. The molecule has 110 valence electrons. The second-order valence-electron chi connectivity index (χ2n) is 4.93. The molecule has 7 heteroatoms. The fourth-order valence-electron chi connectivity index (χ4n) is 2.37. The van der Waals surface area contributed by atoms with E-state index in [2.05, 4.69) is 20.5 Å². The van der Waals surface area contributed by atoms with E-state index in [1.165, 1.54) is 31.4 Å². The third-order valence-electron chi connectivity index (χ3n) is 3.46. The van der Waals surface area contributed by atoms with E-state index in [0.717, 1.165) is 26.2 Å². The highest BCUT2D eigenvalue weighted by molar-refractivity contribution is 5.54. The number of hydrogen-bond acceptors (Lipinski definition) is 6. The van der Waals surface area contributed by atoms with Crippen molar-refractivity contribution in [2.45, 2.75) is 19.3 Å². The summed E-state index contributed by atoms with van der Waals surface area (Å²) in [4.78, 5) is 17.1. The van der Waals surface area contributed by atoms with Gasteiger partial charge in [0.1, 0.15) is 11.6 Å². The molecule has 1 saturated heterocycles. The van der Waals surface area contributed by atoms with Crippen LogP contribution in [0.3, 0.4) is 0 Å². The number of aromatic nitrogens is 1. The molecule has 1 fully saturated rings. The van der Waals surface area contributed by atoms with Crippen LogP contribution >= 0.6 is 0 Å². The van der Waals surface area contributed by atoms with Gasteiger partial charge in [-0.2, -0.15) is 0 Å². The molecule has 0 aromatic carbocycles. The van der Waals surface area contributed by atoms with Crippen LogP contribution in [0.15, 0.2) is 12.1 Å². The molecular formula is C13H21N5O2. The number of hydrogen-bond donors (Lipinski definition) is 2. The lowest BCUT2D eigenvalue weighted by Crippen LogP contribution is -2.33. The molecule has 0 atom stereocenters. The number of anilines is 2. The zero-order valence-corrected chi connectivity index (χ0v) is 11.8. The Morgan fingerprint density at radius 3 is 2.65 bits per heavy atom. The number of piperidine rings is 1. The molecule has 1 aliphatic heterocycles. The molecule has 0 bridgehead atoms. The van der Waals surface area contributed by atoms with Gasteiger partial charge in [0.15, 0.2) is 0 Å². The maximum Gasteiger partial charge on any atom is 0.276 e. The second kappa shape index (κ2) is 7.04. The summed E-state index contributed by atoms with van der Waals surface area (Å²) < 4.78 is 0. The monoisotopic (exact) mass is 279 g/mol. The van der Waals surface area contributed by atoms with E-state index >= 15 is 0 Å². The summed E-state index contributed by atoms with van der Waals surface area (Å²) in [6.45, 7) is 3.98. The van der Waals surface area contributed by atoms with Crippen LogP contribution in [0, 0.1) is 10.1 Å². The fraction of sp³-hybridized carbons (Fsp3) is 0.615. The molecule has 20 heavy (non-hydrogen) atoms. The van der Waals surface area contributed by atoms with E-state index in [-0.39, 0.29) is 5.69 Å². The summed E-state index contributed by atoms with van der Waals surface area (Å²) in [5.74, 6) is 1.04. The SMILES string of the molecule is CNc1cc([N+](=O)[O-])cc(NCCN2CCCCC2)n1. The molecular weight excluding hydrogens is 258 g/mol. The topological polar surface area (TPSA) is 83.3 Å². The van der Waals surface area contributed by atoms with Gasteiger partial charge in [0.25, 0.3) is 5.69 Å². The van der Waals surface area contributed by atoms with E-state index in [0.29, 0.717) is 11.6 Å². The van der Waals surface area contributed by atoms with Crippen molar-refractivity contribution < 1.29 is 4.92 Å². The van der Waals surface area contributed by atoms with Gasteiger partial charge in [-0.15, -0.1) is 0 Å². The smallest absolute Gasteiger partial charge is 0.276 e. The van der Waals surface area contributed by atoms with Gasteiger partial charge in [0, 0.05) is 20.1 Å². The van der Waals surface area contributed by atoms with Crippen LogP contribution in [0.5, 0.6) is 0 Å². The normalized spacial score (nSPS) is 15.8. The van der Waals surface area contributed by atoms with Gasteiger partial charge >= 0.3 is 0 Å². The minimum Gasteiger partial charge on any atom is -0.373 e. The number of nitrogens with one attached hydrogen (secondary N) is 2. The maximum atomic E-state index is 10.9. The van der Waals surface area contributed by atoms with E-state index in [1.807, 2.05) is 0 Å². The van der Waals surface area contributed by atoms with Crippen LogP contribution < -0.4 is 10.6 Å². The largest absolute Gasteiger partial charge is 0.373 e. The Morgan fingerprint density at radius 2 is 2.00 bits per heavy atom. The number of nitro groups is 1. The summed E-state index contributed by atoms with van der Waals surface area (Å²) in [6.07, 6.45) is 3.85. The zero-order valence-electron chi connectivity index (χ0n) is 11.8. The molecule has 7 nitrogen and oxygen atoms in total. The number of nitrogens with zero attached hydrogens (tertiary/aromatic N) is 3. The van der Waals surface area contributed by atoms with Crippen LogP contribution in [0.2, 0.25) is 0 Å². The summed E-state index contributed by atoms with van der Waals surface area (Å²) in [7, 11) is 1.70. The average Bonchev–Trinajstić information content (AvgIpc) is 2.48. The van der Waals surface area contributed by atoms with Crippen LogP contribution in [0.1, 0.15) is 19.3 Å². The first-order valence-electron chi connectivity index (χ1n) is 6.99. The van der Waals surface area contributed by atoms with Gasteiger partial charge in [-0.1, -0.05) is 6.42 Å². The average molecular weight is 279 g/mol. The summed E-state index contributed by atoms with van der Waals surface area (Å²) in [6, 6.07) is 2.90. The lowest BCUT2D eigenvalue weighted by atomic mass is 10.1. The Kier molecular flexibility index (Phi) is 5.11. The maximum absolute atomic E-state index is 10.9. The van der Waals surface area contributed by atoms with E-state index in [4.69, 9.17) is 0 Å². The van der Waals surface area contributed by atoms with E-state index < -0.39 is 4.92 Å². The lowest BCUT2D eigenvalue weighted by Gasteiger charge is -2.26. The van der Waals surface area contributed by atoms with Crippen molar-refractivity contribution >= 4 is 17.3 Å². The van der Waals surface area contributed by atoms with Crippen molar-refractivity contribution in [2.24, 2.45) is 0 Å². The molecule has 2 rings (SSSR count). The number of rotatable bonds is 6. The highest BCUT2D eigenvalue weighted by Crippen LogP contribution is 2.20. The lowest BCUT2D eigenvalue weighted by molar-refractivity contribution is -0.384. The molecule has 0 radical (unpaired) electrons. The molecule has 0 saturated carbocycles. The standard InChI is InChI=1S/C13H21N5O2/c1-14-12-9-11(18(19)20)10-13(16-12)15-5-8-17-6-3-2-4-7-17/h9-10H,2-8H2,1H3,(H2,14,15,16). The van der Waals surface area contributed by atoms with Crippen molar-refractivity contribution in [3.8, 4) is 0 Å². The first-order chi connectivity index (χ1) is 9.69. The van der Waals surface area contributed by atoms with Crippen molar-refractivity contribution in [3.05, 3.63) is 22.2 Å².